The molecule has 0 bridgehead atoms. The summed E-state index contributed by atoms with van der Waals surface area (Å²) < 4.78 is 0. The van der Waals surface area contributed by atoms with Crippen molar-refractivity contribution < 1.29 is 26.2 Å². The second-order valence-electron chi connectivity index (χ2n) is 11.0. The van der Waals surface area contributed by atoms with Crippen LogP contribution in [0.5, 0.6) is 0 Å². The monoisotopic (exact) mass is 686 g/mol. The Morgan fingerprint density at radius 3 is 1.35 bits per heavy atom. The van der Waals surface area contributed by atoms with Crippen LogP contribution >= 0.6 is 7.92 Å². The summed E-state index contributed by atoms with van der Waals surface area (Å²) in [6.45, 7) is 0. The van der Waals surface area contributed by atoms with Crippen LogP contribution in [-0.2, 0) is 39.0 Å². The van der Waals surface area contributed by atoms with E-state index in [4.69, 9.17) is 0 Å². The molecule has 0 nitrogen and oxygen atoms in total. The third kappa shape index (κ3) is 9.20. The Bertz CT molecular complexity index is 1850. The first kappa shape index (κ1) is 33.2. The van der Waals surface area contributed by atoms with Crippen molar-refractivity contribution >= 4 is 45.4 Å². The van der Waals surface area contributed by atoms with E-state index in [1.807, 2.05) is 0 Å². The average Bonchev–Trinajstić information content (AvgIpc) is 3.78. The molecule has 0 unspecified atom stereocenters. The zero-order valence-corrected chi connectivity index (χ0v) is 29.3. The molecule has 8 aromatic rings. The Kier molecular flexibility index (Phi) is 12.7. The Morgan fingerprint density at radius 2 is 0.848 bits per heavy atom. The maximum absolute atomic E-state index is 2.35. The van der Waals surface area contributed by atoms with Crippen molar-refractivity contribution in [1.29, 1.82) is 0 Å². The molecule has 0 N–H and O–H groups in total. The standard InChI is InChI=1S/C21H16P.C14H14.C9H7.Zr/c1-3-11-19(12-4-1)22(20-13-5-2-6-14-20)21-15-17-9-7-8-10-18(17)16-21;1-3-7-13(8-4-1)11-12-14-9-5-2-6-10-14;1-2-5-9-7-3-6-8(9)4-1;/h1-16H;1-10H,11-12H2;1-7H;/q-1;;-1;+2. The summed E-state index contributed by atoms with van der Waals surface area (Å²) in [5.74, 6) is 0. The number of aryl methyl sites for hydroxylation is 2. The van der Waals surface area contributed by atoms with E-state index < -0.39 is 7.92 Å². The summed E-state index contributed by atoms with van der Waals surface area (Å²) in [5, 5.41) is 9.55. The topological polar surface area (TPSA) is 0 Å². The van der Waals surface area contributed by atoms with Gasteiger partial charge >= 0.3 is 26.2 Å². The largest absolute Gasteiger partial charge is 2.00 e. The van der Waals surface area contributed by atoms with Gasteiger partial charge < -0.3 is 0 Å². The Balaban J connectivity index is 0.000000148. The molecule has 0 saturated heterocycles. The van der Waals surface area contributed by atoms with E-state index in [-0.39, 0.29) is 26.2 Å². The van der Waals surface area contributed by atoms with Gasteiger partial charge in [0.2, 0.25) is 0 Å². The van der Waals surface area contributed by atoms with Crippen LogP contribution in [0.25, 0.3) is 21.5 Å². The van der Waals surface area contributed by atoms with Crippen molar-refractivity contribution in [1.82, 2.24) is 0 Å². The van der Waals surface area contributed by atoms with Crippen molar-refractivity contribution in [3.63, 3.8) is 0 Å². The zero-order valence-electron chi connectivity index (χ0n) is 25.9. The minimum atomic E-state index is -0.493. The van der Waals surface area contributed by atoms with E-state index in [1.165, 1.54) is 48.6 Å². The molecule has 46 heavy (non-hydrogen) atoms. The Hall–Kier alpha value is -4.15. The van der Waals surface area contributed by atoms with Crippen molar-refractivity contribution in [3.05, 3.63) is 211 Å². The van der Waals surface area contributed by atoms with Crippen LogP contribution in [0.4, 0.5) is 0 Å². The molecule has 0 atom stereocenters. The van der Waals surface area contributed by atoms with Crippen molar-refractivity contribution in [2.75, 3.05) is 0 Å². The molecule has 8 aromatic carbocycles. The van der Waals surface area contributed by atoms with Crippen molar-refractivity contribution in [3.8, 4) is 0 Å². The Labute approximate surface area is 294 Å². The number of hydrogen-bond acceptors (Lipinski definition) is 0. The third-order valence-electron chi connectivity index (χ3n) is 7.83. The van der Waals surface area contributed by atoms with Gasteiger partial charge in [-0.1, -0.05) is 133 Å². The van der Waals surface area contributed by atoms with Gasteiger partial charge in [0.1, 0.15) is 0 Å². The summed E-state index contributed by atoms with van der Waals surface area (Å²) in [5.41, 5.74) is 2.83. The van der Waals surface area contributed by atoms with Crippen LogP contribution in [0.3, 0.4) is 0 Å². The average molecular weight is 688 g/mol. The first-order valence-electron chi connectivity index (χ1n) is 15.6. The fraction of sp³-hybridized carbons (Fsp3) is 0.0455. The summed E-state index contributed by atoms with van der Waals surface area (Å²) in [6.07, 6.45) is 2.26. The van der Waals surface area contributed by atoms with Gasteiger partial charge in [0, 0.05) is 0 Å². The smallest absolute Gasteiger partial charge is 0.168 e. The zero-order chi connectivity index (χ0) is 30.5. The van der Waals surface area contributed by atoms with Crippen LogP contribution in [0.15, 0.2) is 200 Å². The fourth-order valence-corrected chi connectivity index (χ4v) is 7.88. The van der Waals surface area contributed by atoms with Gasteiger partial charge in [-0.3, -0.25) is 0 Å². The fourth-order valence-electron chi connectivity index (χ4n) is 5.51. The van der Waals surface area contributed by atoms with Crippen molar-refractivity contribution in [2.45, 2.75) is 12.8 Å². The van der Waals surface area contributed by atoms with Crippen LogP contribution in [0.1, 0.15) is 11.1 Å². The molecular weight excluding hydrogens is 651 g/mol. The molecule has 0 fully saturated rings. The van der Waals surface area contributed by atoms with Gasteiger partial charge in [0.15, 0.2) is 0 Å². The molecular formula is C44H37PZr. The summed E-state index contributed by atoms with van der Waals surface area (Å²) in [6, 6.07) is 70.9. The predicted molar refractivity (Wildman–Crippen MR) is 198 cm³/mol. The van der Waals surface area contributed by atoms with E-state index >= 15 is 0 Å². The molecule has 222 valence electrons. The van der Waals surface area contributed by atoms with Gasteiger partial charge in [0.05, 0.1) is 0 Å². The minimum Gasteiger partial charge on any atom is -0.168 e. The summed E-state index contributed by atoms with van der Waals surface area (Å²) in [4.78, 5) is 0. The van der Waals surface area contributed by atoms with Crippen molar-refractivity contribution in [2.24, 2.45) is 0 Å². The van der Waals surface area contributed by atoms with Crippen LogP contribution in [0.2, 0.25) is 0 Å². The van der Waals surface area contributed by atoms with E-state index in [9.17, 15) is 0 Å². The van der Waals surface area contributed by atoms with Gasteiger partial charge in [-0.25, -0.2) is 0 Å². The van der Waals surface area contributed by atoms with Crippen LogP contribution < -0.4 is 15.9 Å². The molecule has 0 amide bonds. The number of hydrogen-bond donors (Lipinski definition) is 0. The Morgan fingerprint density at radius 1 is 0.413 bits per heavy atom. The maximum Gasteiger partial charge on any atom is 2.00 e. The number of rotatable bonds is 6. The quantitative estimate of drug-likeness (QED) is 0.121. The van der Waals surface area contributed by atoms with Gasteiger partial charge in [-0.2, -0.15) is 23.6 Å². The second-order valence-corrected chi connectivity index (χ2v) is 13.2. The normalized spacial score (nSPS) is 10.4. The molecule has 0 heterocycles. The molecule has 0 radical (unpaired) electrons. The van der Waals surface area contributed by atoms with Gasteiger partial charge in [0.25, 0.3) is 0 Å². The maximum atomic E-state index is 2.35. The van der Waals surface area contributed by atoms with Gasteiger partial charge in [-0.05, 0) is 42.5 Å². The molecule has 0 aliphatic carbocycles. The molecule has 0 saturated carbocycles. The molecule has 0 aliphatic heterocycles. The molecule has 8 rings (SSSR count). The van der Waals surface area contributed by atoms with E-state index in [1.54, 1.807) is 0 Å². The third-order valence-corrected chi connectivity index (χ3v) is 10.2. The number of benzene rings is 6. The minimum absolute atomic E-state index is 0. The first-order chi connectivity index (χ1) is 22.3. The SMILES string of the molecule is [Zr+2].c1ccc(CCc2ccccc2)cc1.c1ccc(P(c2ccccc2)c2cc3ccccc3[cH-]2)cc1.c1ccc2[cH-]ccc2c1. The summed E-state index contributed by atoms with van der Waals surface area (Å²) >= 11 is 0. The van der Waals surface area contributed by atoms with Crippen LogP contribution in [-0.4, -0.2) is 0 Å². The van der Waals surface area contributed by atoms with E-state index in [0.717, 1.165) is 12.8 Å². The molecule has 0 aliphatic rings. The molecule has 0 aromatic heterocycles. The van der Waals surface area contributed by atoms with Crippen LogP contribution in [0, 0.1) is 0 Å². The van der Waals surface area contributed by atoms with E-state index in [2.05, 4.69) is 200 Å². The number of fused-ring (bicyclic) bond motifs is 2. The first-order valence-corrected chi connectivity index (χ1v) is 16.9. The van der Waals surface area contributed by atoms with Gasteiger partial charge in [-0.15, -0.1) is 70.0 Å². The second kappa shape index (κ2) is 17.5. The predicted octanol–water partition coefficient (Wildman–Crippen LogP) is 10.3. The molecule has 0 spiro atoms. The van der Waals surface area contributed by atoms with E-state index in [0.29, 0.717) is 0 Å². The summed E-state index contributed by atoms with van der Waals surface area (Å²) in [7, 11) is -0.493. The molecule has 2 heteroatoms.